The van der Waals surface area contributed by atoms with Crippen molar-refractivity contribution in [3.8, 4) is 5.75 Å². The molecule has 0 aliphatic heterocycles. The van der Waals surface area contributed by atoms with Crippen LogP contribution >= 0.6 is 0 Å². The summed E-state index contributed by atoms with van der Waals surface area (Å²) in [7, 11) is 2.03. The molecule has 3 rings (SSSR count). The summed E-state index contributed by atoms with van der Waals surface area (Å²) in [5, 5.41) is 2.99. The van der Waals surface area contributed by atoms with Gasteiger partial charge in [0.1, 0.15) is 5.75 Å². The van der Waals surface area contributed by atoms with Crippen LogP contribution in [0.3, 0.4) is 0 Å². The molecule has 0 bridgehead atoms. The first-order valence-corrected chi connectivity index (χ1v) is 9.05. The summed E-state index contributed by atoms with van der Waals surface area (Å²) in [4.78, 5) is 14.7. The Kier molecular flexibility index (Phi) is 5.59. The highest BCUT2D eigenvalue weighted by atomic mass is 16.5. The van der Waals surface area contributed by atoms with E-state index < -0.39 is 0 Å². The standard InChI is InChI=1S/C21H26N2O2/c1-3-23(2)17-14-12-16(13-15-17)21(24)22-19-10-6-7-11-20(19)25-18-8-4-5-9-18/h6-7,10-15,18H,3-5,8-9H2,1-2H3,(H,22,24). The number of ether oxygens (including phenoxy) is 1. The van der Waals surface area contributed by atoms with Gasteiger partial charge in [0, 0.05) is 24.8 Å². The molecule has 0 heterocycles. The van der Waals surface area contributed by atoms with Crippen LogP contribution in [0.4, 0.5) is 11.4 Å². The van der Waals surface area contributed by atoms with Crippen molar-refractivity contribution in [2.45, 2.75) is 38.7 Å². The average molecular weight is 338 g/mol. The molecule has 25 heavy (non-hydrogen) atoms. The second-order valence-electron chi connectivity index (χ2n) is 6.54. The maximum Gasteiger partial charge on any atom is 0.255 e. The van der Waals surface area contributed by atoms with Crippen LogP contribution in [0.15, 0.2) is 48.5 Å². The summed E-state index contributed by atoms with van der Waals surface area (Å²) in [6, 6.07) is 15.3. The third-order valence-electron chi connectivity index (χ3n) is 4.78. The summed E-state index contributed by atoms with van der Waals surface area (Å²) in [6.45, 7) is 3.03. The van der Waals surface area contributed by atoms with E-state index in [0.717, 1.165) is 36.5 Å². The molecule has 0 radical (unpaired) electrons. The predicted molar refractivity (Wildman–Crippen MR) is 103 cm³/mol. The van der Waals surface area contributed by atoms with Crippen molar-refractivity contribution >= 4 is 17.3 Å². The number of benzene rings is 2. The highest BCUT2D eigenvalue weighted by Crippen LogP contribution is 2.30. The number of anilines is 2. The van der Waals surface area contributed by atoms with E-state index >= 15 is 0 Å². The molecule has 1 amide bonds. The van der Waals surface area contributed by atoms with Gasteiger partial charge in [-0.1, -0.05) is 12.1 Å². The van der Waals surface area contributed by atoms with Crippen molar-refractivity contribution in [2.24, 2.45) is 0 Å². The first-order chi connectivity index (χ1) is 12.2. The van der Waals surface area contributed by atoms with E-state index in [1.54, 1.807) is 0 Å². The van der Waals surface area contributed by atoms with Gasteiger partial charge < -0.3 is 15.0 Å². The number of nitrogens with zero attached hydrogens (tertiary/aromatic N) is 1. The van der Waals surface area contributed by atoms with Crippen molar-refractivity contribution in [1.82, 2.24) is 0 Å². The maximum absolute atomic E-state index is 12.6. The zero-order valence-electron chi connectivity index (χ0n) is 15.0. The normalized spacial score (nSPS) is 14.3. The third-order valence-corrected chi connectivity index (χ3v) is 4.78. The second-order valence-corrected chi connectivity index (χ2v) is 6.54. The van der Waals surface area contributed by atoms with Crippen LogP contribution < -0.4 is 15.0 Å². The van der Waals surface area contributed by atoms with Gasteiger partial charge in [-0.25, -0.2) is 0 Å². The van der Waals surface area contributed by atoms with E-state index in [1.807, 2.05) is 55.6 Å². The molecule has 4 nitrogen and oxygen atoms in total. The molecule has 1 aliphatic rings. The van der Waals surface area contributed by atoms with Gasteiger partial charge in [-0.2, -0.15) is 0 Å². The van der Waals surface area contributed by atoms with Gasteiger partial charge in [-0.15, -0.1) is 0 Å². The quantitative estimate of drug-likeness (QED) is 0.829. The number of amides is 1. The Bertz CT molecular complexity index is 706. The Balaban J connectivity index is 1.70. The van der Waals surface area contributed by atoms with E-state index in [0.29, 0.717) is 5.56 Å². The van der Waals surface area contributed by atoms with Gasteiger partial charge in [-0.05, 0) is 69.0 Å². The van der Waals surface area contributed by atoms with Gasteiger partial charge in [-0.3, -0.25) is 4.79 Å². The number of hydrogen-bond acceptors (Lipinski definition) is 3. The summed E-state index contributed by atoms with van der Waals surface area (Å²) in [5.74, 6) is 0.637. The molecular formula is C21H26N2O2. The topological polar surface area (TPSA) is 41.6 Å². The average Bonchev–Trinajstić information content (AvgIpc) is 3.16. The molecular weight excluding hydrogens is 312 g/mol. The molecule has 0 aromatic heterocycles. The molecule has 1 saturated carbocycles. The zero-order chi connectivity index (χ0) is 17.6. The number of carbonyl (C=O) groups excluding carboxylic acids is 1. The van der Waals surface area contributed by atoms with Crippen LogP contribution in [0.5, 0.6) is 5.75 Å². The Morgan fingerprint density at radius 1 is 1.12 bits per heavy atom. The lowest BCUT2D eigenvalue weighted by Gasteiger charge is -2.18. The number of carbonyl (C=O) groups is 1. The van der Waals surface area contributed by atoms with Crippen LogP contribution in [-0.2, 0) is 0 Å². The van der Waals surface area contributed by atoms with E-state index in [-0.39, 0.29) is 12.0 Å². The minimum Gasteiger partial charge on any atom is -0.488 e. The minimum atomic E-state index is -0.117. The van der Waals surface area contributed by atoms with Crippen molar-refractivity contribution in [3.63, 3.8) is 0 Å². The van der Waals surface area contributed by atoms with Crippen molar-refractivity contribution < 1.29 is 9.53 Å². The van der Waals surface area contributed by atoms with Crippen LogP contribution in [0.1, 0.15) is 43.0 Å². The Hall–Kier alpha value is -2.49. The molecule has 0 saturated heterocycles. The summed E-state index contributed by atoms with van der Waals surface area (Å²) in [6.07, 6.45) is 4.89. The molecule has 4 heteroatoms. The Labute approximate surface area is 149 Å². The summed E-state index contributed by atoms with van der Waals surface area (Å²) in [5.41, 5.74) is 2.47. The van der Waals surface area contributed by atoms with Crippen molar-refractivity contribution in [3.05, 3.63) is 54.1 Å². The first-order valence-electron chi connectivity index (χ1n) is 9.05. The van der Waals surface area contributed by atoms with Gasteiger partial charge in [0.2, 0.25) is 0 Å². The molecule has 1 aliphatic carbocycles. The van der Waals surface area contributed by atoms with Crippen LogP contribution in [-0.4, -0.2) is 25.6 Å². The SMILES string of the molecule is CCN(C)c1ccc(C(=O)Nc2ccccc2OC2CCCC2)cc1. The van der Waals surface area contributed by atoms with Gasteiger partial charge in [0.25, 0.3) is 5.91 Å². The highest BCUT2D eigenvalue weighted by Gasteiger charge is 2.18. The number of para-hydroxylation sites is 2. The maximum atomic E-state index is 12.6. The number of hydrogen-bond donors (Lipinski definition) is 1. The van der Waals surface area contributed by atoms with Crippen LogP contribution in [0.25, 0.3) is 0 Å². The van der Waals surface area contributed by atoms with Gasteiger partial charge >= 0.3 is 0 Å². The number of rotatable bonds is 6. The minimum absolute atomic E-state index is 0.117. The monoisotopic (exact) mass is 338 g/mol. The lowest BCUT2D eigenvalue weighted by Crippen LogP contribution is -2.17. The second kappa shape index (κ2) is 8.06. The van der Waals surface area contributed by atoms with Crippen molar-refractivity contribution in [1.29, 1.82) is 0 Å². The van der Waals surface area contributed by atoms with Crippen LogP contribution in [0, 0.1) is 0 Å². The lowest BCUT2D eigenvalue weighted by molar-refractivity contribution is 0.102. The molecule has 1 fully saturated rings. The predicted octanol–water partition coefficient (Wildman–Crippen LogP) is 4.72. The summed E-state index contributed by atoms with van der Waals surface area (Å²) >= 11 is 0. The van der Waals surface area contributed by atoms with E-state index in [9.17, 15) is 4.79 Å². The smallest absolute Gasteiger partial charge is 0.255 e. The van der Waals surface area contributed by atoms with E-state index in [4.69, 9.17) is 4.74 Å². The fourth-order valence-corrected chi connectivity index (χ4v) is 3.10. The van der Waals surface area contributed by atoms with Gasteiger partial charge in [0.05, 0.1) is 11.8 Å². The molecule has 132 valence electrons. The van der Waals surface area contributed by atoms with E-state index in [2.05, 4.69) is 17.1 Å². The molecule has 2 aromatic rings. The highest BCUT2D eigenvalue weighted by molar-refractivity contribution is 6.05. The molecule has 1 N–H and O–H groups in total. The molecule has 0 unspecified atom stereocenters. The summed E-state index contributed by atoms with van der Waals surface area (Å²) < 4.78 is 6.09. The largest absolute Gasteiger partial charge is 0.488 e. The number of nitrogens with one attached hydrogen (secondary N) is 1. The fraction of sp³-hybridized carbons (Fsp3) is 0.381. The Morgan fingerprint density at radius 3 is 2.48 bits per heavy atom. The Morgan fingerprint density at radius 2 is 1.80 bits per heavy atom. The molecule has 0 atom stereocenters. The van der Waals surface area contributed by atoms with E-state index in [1.165, 1.54) is 12.8 Å². The fourth-order valence-electron chi connectivity index (χ4n) is 3.10. The molecule has 0 spiro atoms. The van der Waals surface area contributed by atoms with Crippen molar-refractivity contribution in [2.75, 3.05) is 23.8 Å². The van der Waals surface area contributed by atoms with Gasteiger partial charge in [0.15, 0.2) is 0 Å². The molecule has 2 aromatic carbocycles. The first kappa shape index (κ1) is 17.3. The lowest BCUT2D eigenvalue weighted by atomic mass is 10.1. The third kappa shape index (κ3) is 4.32. The zero-order valence-corrected chi connectivity index (χ0v) is 15.0. The van der Waals surface area contributed by atoms with Crippen LogP contribution in [0.2, 0.25) is 0 Å².